The van der Waals surface area contributed by atoms with Crippen molar-refractivity contribution in [1.29, 1.82) is 0 Å². The van der Waals surface area contributed by atoms with Crippen LogP contribution in [0.2, 0.25) is 0 Å². The Bertz CT molecular complexity index is 1520. The Morgan fingerprint density at radius 3 is 1.60 bits per heavy atom. The predicted molar refractivity (Wildman–Crippen MR) is 158 cm³/mol. The van der Waals surface area contributed by atoms with Gasteiger partial charge in [-0.15, -0.1) is 0 Å². The molecule has 0 bridgehead atoms. The van der Waals surface area contributed by atoms with Crippen molar-refractivity contribution in [2.45, 2.75) is 47.0 Å². The van der Waals surface area contributed by atoms with Crippen LogP contribution in [0, 0.1) is 19.8 Å². The minimum absolute atomic E-state index is 0.000514. The van der Waals surface area contributed by atoms with Crippen LogP contribution in [0.5, 0.6) is 23.0 Å². The number of ketones is 1. The number of Topliss-reactive ketones (excluding diaryl/α,β-unsaturated/α-hetero) is 1. The molecule has 0 saturated heterocycles. The first-order chi connectivity index (χ1) is 19.0. The number of carbonyl (C=O) groups excluding carboxylic acids is 2. The van der Waals surface area contributed by atoms with Crippen LogP contribution < -0.4 is 14.2 Å². The molecule has 5 nitrogen and oxygen atoms in total. The molecule has 1 atom stereocenters. The van der Waals surface area contributed by atoms with Crippen LogP contribution in [-0.2, 0) is 5.41 Å². The van der Waals surface area contributed by atoms with Gasteiger partial charge in [-0.2, -0.15) is 0 Å². The number of ether oxygens (including phenoxy) is 3. The smallest absolute Gasteiger partial charge is 0.343 e. The van der Waals surface area contributed by atoms with Gasteiger partial charge in [0.1, 0.15) is 23.0 Å². The Labute approximate surface area is 236 Å². The molecule has 0 fully saturated rings. The van der Waals surface area contributed by atoms with E-state index < -0.39 is 5.97 Å². The number of esters is 1. The maximum atomic E-state index is 12.9. The van der Waals surface area contributed by atoms with Crippen molar-refractivity contribution < 1.29 is 23.8 Å². The molecule has 0 amide bonds. The SMILES string of the molecule is COc1ccc(C(C)(c2ccc(OC(=O)c3ccc(Oc4ccc(C(C)=O)cc4)cc3)c(C)c2)C(C)C)cc1C. The zero-order valence-electron chi connectivity index (χ0n) is 24.2. The topological polar surface area (TPSA) is 61.8 Å². The molecule has 0 aliphatic carbocycles. The van der Waals surface area contributed by atoms with Crippen molar-refractivity contribution in [3.05, 3.63) is 118 Å². The van der Waals surface area contributed by atoms with Gasteiger partial charge in [-0.1, -0.05) is 45.0 Å². The molecule has 0 aromatic heterocycles. The zero-order chi connectivity index (χ0) is 29.0. The number of aryl methyl sites for hydroxylation is 2. The number of rotatable bonds is 9. The molecule has 5 heteroatoms. The molecule has 4 aromatic carbocycles. The summed E-state index contributed by atoms with van der Waals surface area (Å²) in [6, 6.07) is 26.1. The Morgan fingerprint density at radius 1 is 0.700 bits per heavy atom. The number of carbonyl (C=O) groups is 2. The van der Waals surface area contributed by atoms with Crippen molar-refractivity contribution in [1.82, 2.24) is 0 Å². The molecule has 1 unspecified atom stereocenters. The Balaban J connectivity index is 1.49. The third kappa shape index (κ3) is 5.94. The van der Waals surface area contributed by atoms with Crippen LogP contribution in [-0.4, -0.2) is 18.9 Å². The van der Waals surface area contributed by atoms with E-state index >= 15 is 0 Å². The van der Waals surface area contributed by atoms with Crippen molar-refractivity contribution in [2.75, 3.05) is 7.11 Å². The van der Waals surface area contributed by atoms with Gasteiger partial charge >= 0.3 is 5.97 Å². The van der Waals surface area contributed by atoms with E-state index in [-0.39, 0.29) is 11.2 Å². The molecule has 4 aromatic rings. The van der Waals surface area contributed by atoms with Gasteiger partial charge in [0.25, 0.3) is 0 Å². The fraction of sp³-hybridized carbons (Fsp3) is 0.257. The molecule has 40 heavy (non-hydrogen) atoms. The average Bonchev–Trinajstić information content (AvgIpc) is 2.94. The van der Waals surface area contributed by atoms with E-state index in [0.29, 0.717) is 34.3 Å². The van der Waals surface area contributed by atoms with Gasteiger partial charge in [0, 0.05) is 11.0 Å². The Kier molecular flexibility index (Phi) is 8.43. The number of benzene rings is 4. The summed E-state index contributed by atoms with van der Waals surface area (Å²) in [6.07, 6.45) is 0. The molecular formula is C35H36O5. The minimum atomic E-state index is -0.439. The van der Waals surface area contributed by atoms with Crippen molar-refractivity contribution in [3.8, 4) is 23.0 Å². The van der Waals surface area contributed by atoms with Crippen molar-refractivity contribution >= 4 is 11.8 Å². The van der Waals surface area contributed by atoms with E-state index in [2.05, 4.69) is 45.9 Å². The highest BCUT2D eigenvalue weighted by atomic mass is 16.5. The van der Waals surface area contributed by atoms with E-state index in [9.17, 15) is 9.59 Å². The normalized spacial score (nSPS) is 12.5. The lowest BCUT2D eigenvalue weighted by molar-refractivity contribution is 0.0733. The third-order valence-corrected chi connectivity index (χ3v) is 7.71. The molecular weight excluding hydrogens is 500 g/mol. The highest BCUT2D eigenvalue weighted by molar-refractivity contribution is 5.94. The molecule has 0 heterocycles. The van der Waals surface area contributed by atoms with Gasteiger partial charge in [-0.25, -0.2) is 4.79 Å². The maximum absolute atomic E-state index is 12.9. The maximum Gasteiger partial charge on any atom is 0.343 e. The molecule has 0 radical (unpaired) electrons. The molecule has 0 aliphatic heterocycles. The lowest BCUT2D eigenvalue weighted by Crippen LogP contribution is -2.30. The third-order valence-electron chi connectivity index (χ3n) is 7.71. The van der Waals surface area contributed by atoms with E-state index in [4.69, 9.17) is 14.2 Å². The van der Waals surface area contributed by atoms with Crippen LogP contribution in [0.4, 0.5) is 0 Å². The summed E-state index contributed by atoms with van der Waals surface area (Å²) in [5.74, 6) is 2.46. The zero-order valence-corrected chi connectivity index (χ0v) is 24.2. The monoisotopic (exact) mass is 536 g/mol. The molecule has 0 saturated carbocycles. The summed E-state index contributed by atoms with van der Waals surface area (Å²) in [7, 11) is 1.69. The van der Waals surface area contributed by atoms with Gasteiger partial charge in [-0.05, 0) is 110 Å². The highest BCUT2D eigenvalue weighted by Crippen LogP contribution is 2.41. The summed E-state index contributed by atoms with van der Waals surface area (Å²) >= 11 is 0. The lowest BCUT2D eigenvalue weighted by atomic mass is 9.68. The number of methoxy groups -OCH3 is 1. The fourth-order valence-corrected chi connectivity index (χ4v) is 4.83. The van der Waals surface area contributed by atoms with E-state index in [1.807, 2.05) is 25.1 Å². The highest BCUT2D eigenvalue weighted by Gasteiger charge is 2.33. The first-order valence-electron chi connectivity index (χ1n) is 13.4. The van der Waals surface area contributed by atoms with Crippen molar-refractivity contribution in [3.63, 3.8) is 0 Å². The molecule has 206 valence electrons. The van der Waals surface area contributed by atoms with Crippen LogP contribution in [0.3, 0.4) is 0 Å². The largest absolute Gasteiger partial charge is 0.496 e. The fourth-order valence-electron chi connectivity index (χ4n) is 4.83. The summed E-state index contributed by atoms with van der Waals surface area (Å²) < 4.78 is 17.1. The van der Waals surface area contributed by atoms with E-state index in [1.165, 1.54) is 12.5 Å². The second-order valence-electron chi connectivity index (χ2n) is 10.6. The van der Waals surface area contributed by atoms with Crippen LogP contribution in [0.15, 0.2) is 84.9 Å². The first kappa shape index (κ1) is 28.6. The minimum Gasteiger partial charge on any atom is -0.496 e. The van der Waals surface area contributed by atoms with Gasteiger partial charge in [0.05, 0.1) is 12.7 Å². The number of hydrogen-bond donors (Lipinski definition) is 0. The first-order valence-corrected chi connectivity index (χ1v) is 13.4. The second kappa shape index (κ2) is 11.8. The lowest BCUT2D eigenvalue weighted by Gasteiger charge is -2.36. The van der Waals surface area contributed by atoms with Crippen molar-refractivity contribution in [2.24, 2.45) is 5.92 Å². The quantitative estimate of drug-likeness (QED) is 0.122. The predicted octanol–water partition coefficient (Wildman–Crippen LogP) is 8.49. The van der Waals surface area contributed by atoms with Gasteiger partial charge in [0.15, 0.2) is 5.78 Å². The molecule has 0 aliphatic rings. The molecule has 0 N–H and O–H groups in total. The van der Waals surface area contributed by atoms with Crippen LogP contribution in [0.1, 0.15) is 70.7 Å². The summed E-state index contributed by atoms with van der Waals surface area (Å²) in [4.78, 5) is 24.4. The average molecular weight is 537 g/mol. The van der Waals surface area contributed by atoms with E-state index in [0.717, 1.165) is 22.4 Å². The van der Waals surface area contributed by atoms with E-state index in [1.54, 1.807) is 55.6 Å². The van der Waals surface area contributed by atoms with Gasteiger partial charge in [-0.3, -0.25) is 4.79 Å². The molecule has 0 spiro atoms. The summed E-state index contributed by atoms with van der Waals surface area (Å²) in [6.45, 7) is 12.2. The number of hydrogen-bond acceptors (Lipinski definition) is 5. The second-order valence-corrected chi connectivity index (χ2v) is 10.6. The Hall–Kier alpha value is -4.38. The van der Waals surface area contributed by atoms with Gasteiger partial charge in [0.2, 0.25) is 0 Å². The van der Waals surface area contributed by atoms with Crippen LogP contribution in [0.25, 0.3) is 0 Å². The summed E-state index contributed by atoms with van der Waals surface area (Å²) in [5, 5.41) is 0. The standard InChI is InChI=1S/C35H36O5/c1-22(2)35(6,28-12-18-32(38-7)23(3)20-28)29-13-19-33(24(4)21-29)40-34(37)27-10-16-31(17-11-27)39-30-14-8-26(9-15-30)25(5)36/h8-22H,1-7H3. The van der Waals surface area contributed by atoms with Gasteiger partial charge < -0.3 is 14.2 Å². The summed E-state index contributed by atoms with van der Waals surface area (Å²) in [5.41, 5.74) is 5.14. The van der Waals surface area contributed by atoms with Crippen LogP contribution >= 0.6 is 0 Å². The molecule has 4 rings (SSSR count). The Morgan fingerprint density at radius 2 is 1.18 bits per heavy atom.